The molecule has 4 nitrogen and oxygen atoms in total. The normalized spacial score (nSPS) is 21.0. The van der Waals surface area contributed by atoms with E-state index in [1.165, 1.54) is 12.7 Å². The SMILES string of the molecule is COC(=O)c1cc2ccc(C3CCOC(C)(C)C3)cc2n1C. The van der Waals surface area contributed by atoms with Crippen molar-refractivity contribution in [3.63, 3.8) is 0 Å². The van der Waals surface area contributed by atoms with Gasteiger partial charge in [-0.05, 0) is 50.3 Å². The number of nitrogens with zero attached hydrogens (tertiary/aromatic N) is 1. The van der Waals surface area contributed by atoms with Crippen LogP contribution in [-0.4, -0.2) is 29.9 Å². The molecule has 1 aromatic carbocycles. The number of ether oxygens (including phenoxy) is 2. The summed E-state index contributed by atoms with van der Waals surface area (Å²) >= 11 is 0. The Morgan fingerprint density at radius 1 is 1.36 bits per heavy atom. The fraction of sp³-hybridized carbons (Fsp3) is 0.500. The fourth-order valence-corrected chi connectivity index (χ4v) is 3.42. The number of aromatic nitrogens is 1. The monoisotopic (exact) mass is 301 g/mol. The molecule has 118 valence electrons. The van der Waals surface area contributed by atoms with E-state index in [4.69, 9.17) is 9.47 Å². The van der Waals surface area contributed by atoms with E-state index >= 15 is 0 Å². The molecule has 0 spiro atoms. The van der Waals surface area contributed by atoms with Gasteiger partial charge in [-0.3, -0.25) is 0 Å². The number of methoxy groups -OCH3 is 1. The van der Waals surface area contributed by atoms with Crippen molar-refractivity contribution in [2.24, 2.45) is 7.05 Å². The molecule has 0 amide bonds. The van der Waals surface area contributed by atoms with E-state index in [9.17, 15) is 4.79 Å². The van der Waals surface area contributed by atoms with Gasteiger partial charge in [-0.2, -0.15) is 0 Å². The van der Waals surface area contributed by atoms with Gasteiger partial charge in [0, 0.05) is 24.6 Å². The molecular formula is C18H23NO3. The van der Waals surface area contributed by atoms with Gasteiger partial charge in [0.15, 0.2) is 0 Å². The maximum Gasteiger partial charge on any atom is 0.354 e. The highest BCUT2D eigenvalue weighted by Gasteiger charge is 2.30. The third-order valence-electron chi connectivity index (χ3n) is 4.63. The second kappa shape index (κ2) is 5.43. The third kappa shape index (κ3) is 2.63. The highest BCUT2D eigenvalue weighted by molar-refractivity contribution is 5.95. The Bertz CT molecular complexity index is 714. The van der Waals surface area contributed by atoms with Crippen molar-refractivity contribution in [2.75, 3.05) is 13.7 Å². The van der Waals surface area contributed by atoms with Crippen LogP contribution in [0.2, 0.25) is 0 Å². The van der Waals surface area contributed by atoms with Crippen LogP contribution in [0, 0.1) is 0 Å². The van der Waals surface area contributed by atoms with E-state index in [0.29, 0.717) is 11.6 Å². The average Bonchev–Trinajstić information content (AvgIpc) is 2.82. The summed E-state index contributed by atoms with van der Waals surface area (Å²) in [7, 11) is 3.32. The Morgan fingerprint density at radius 2 is 2.14 bits per heavy atom. The van der Waals surface area contributed by atoms with Crippen molar-refractivity contribution in [2.45, 2.75) is 38.2 Å². The van der Waals surface area contributed by atoms with Gasteiger partial charge in [-0.15, -0.1) is 0 Å². The number of fused-ring (bicyclic) bond motifs is 1. The molecule has 0 N–H and O–H groups in total. The Hall–Kier alpha value is -1.81. The van der Waals surface area contributed by atoms with Crippen LogP contribution < -0.4 is 0 Å². The number of benzene rings is 1. The van der Waals surface area contributed by atoms with Gasteiger partial charge < -0.3 is 14.0 Å². The smallest absolute Gasteiger partial charge is 0.354 e. The van der Waals surface area contributed by atoms with Crippen LogP contribution in [0.4, 0.5) is 0 Å². The molecule has 0 aliphatic carbocycles. The van der Waals surface area contributed by atoms with Crippen LogP contribution in [0.15, 0.2) is 24.3 Å². The van der Waals surface area contributed by atoms with Gasteiger partial charge in [0.25, 0.3) is 0 Å². The van der Waals surface area contributed by atoms with Crippen LogP contribution in [-0.2, 0) is 16.5 Å². The second-order valence-electron chi connectivity index (χ2n) is 6.70. The van der Waals surface area contributed by atoms with E-state index in [2.05, 4.69) is 32.0 Å². The summed E-state index contributed by atoms with van der Waals surface area (Å²) in [5.41, 5.74) is 2.91. The highest BCUT2D eigenvalue weighted by atomic mass is 16.5. The standard InChI is InChI=1S/C18H23NO3/c1-18(2)11-14(7-8-22-18)12-5-6-13-10-16(17(20)21-4)19(3)15(13)9-12/h5-6,9-10,14H,7-8,11H2,1-4H3. The van der Waals surface area contributed by atoms with Crippen LogP contribution >= 0.6 is 0 Å². The highest BCUT2D eigenvalue weighted by Crippen LogP contribution is 2.36. The average molecular weight is 301 g/mol. The minimum Gasteiger partial charge on any atom is -0.464 e. The first kappa shape index (κ1) is 15.1. The molecule has 1 fully saturated rings. The third-order valence-corrected chi connectivity index (χ3v) is 4.63. The molecule has 4 heteroatoms. The van der Waals surface area contributed by atoms with Gasteiger partial charge in [0.2, 0.25) is 0 Å². The van der Waals surface area contributed by atoms with Crippen molar-refractivity contribution in [1.29, 1.82) is 0 Å². The zero-order valence-electron chi connectivity index (χ0n) is 13.7. The predicted octanol–water partition coefficient (Wildman–Crippen LogP) is 3.64. The molecule has 22 heavy (non-hydrogen) atoms. The molecule has 2 heterocycles. The maximum absolute atomic E-state index is 11.8. The molecular weight excluding hydrogens is 278 g/mol. The predicted molar refractivity (Wildman–Crippen MR) is 86.3 cm³/mol. The molecule has 1 unspecified atom stereocenters. The van der Waals surface area contributed by atoms with Crippen LogP contribution in [0.3, 0.4) is 0 Å². The van der Waals surface area contributed by atoms with Crippen molar-refractivity contribution in [1.82, 2.24) is 4.57 Å². The van der Waals surface area contributed by atoms with Crippen molar-refractivity contribution in [3.8, 4) is 0 Å². The summed E-state index contributed by atoms with van der Waals surface area (Å²) < 4.78 is 12.6. The van der Waals surface area contributed by atoms with E-state index in [1.54, 1.807) is 0 Å². The topological polar surface area (TPSA) is 40.5 Å². The molecule has 2 aromatic rings. The number of carbonyl (C=O) groups excluding carboxylic acids is 1. The van der Waals surface area contributed by atoms with Gasteiger partial charge in [0.05, 0.1) is 12.7 Å². The van der Waals surface area contributed by atoms with Crippen molar-refractivity contribution in [3.05, 3.63) is 35.5 Å². The van der Waals surface area contributed by atoms with Crippen LogP contribution in [0.25, 0.3) is 10.9 Å². The molecule has 1 saturated heterocycles. The van der Waals surface area contributed by atoms with E-state index in [1.807, 2.05) is 17.7 Å². The maximum atomic E-state index is 11.8. The zero-order valence-corrected chi connectivity index (χ0v) is 13.7. The first-order valence-electron chi connectivity index (χ1n) is 7.73. The lowest BCUT2D eigenvalue weighted by Crippen LogP contribution is -2.32. The summed E-state index contributed by atoms with van der Waals surface area (Å²) in [5.74, 6) is 0.206. The summed E-state index contributed by atoms with van der Waals surface area (Å²) in [5, 5.41) is 1.07. The fourth-order valence-electron chi connectivity index (χ4n) is 3.42. The Kier molecular flexibility index (Phi) is 3.73. The van der Waals surface area contributed by atoms with Crippen LogP contribution in [0.5, 0.6) is 0 Å². The zero-order chi connectivity index (χ0) is 15.9. The number of aryl methyl sites for hydroxylation is 1. The summed E-state index contributed by atoms with van der Waals surface area (Å²) in [6.45, 7) is 5.10. The summed E-state index contributed by atoms with van der Waals surface area (Å²) in [6, 6.07) is 8.36. The van der Waals surface area contributed by atoms with Gasteiger partial charge >= 0.3 is 5.97 Å². The van der Waals surface area contributed by atoms with E-state index in [-0.39, 0.29) is 11.6 Å². The Labute approximate surface area is 131 Å². The molecule has 0 saturated carbocycles. The van der Waals surface area contributed by atoms with Crippen molar-refractivity contribution < 1.29 is 14.3 Å². The number of rotatable bonds is 2. The summed E-state index contributed by atoms with van der Waals surface area (Å²) in [4.78, 5) is 11.8. The molecule has 0 radical (unpaired) electrons. The van der Waals surface area contributed by atoms with Crippen LogP contribution in [0.1, 0.15) is 48.7 Å². The number of hydrogen-bond acceptors (Lipinski definition) is 3. The lowest BCUT2D eigenvalue weighted by molar-refractivity contribution is -0.0592. The number of esters is 1. The minimum atomic E-state index is -0.299. The largest absolute Gasteiger partial charge is 0.464 e. The second-order valence-corrected chi connectivity index (χ2v) is 6.70. The molecule has 1 aromatic heterocycles. The van der Waals surface area contributed by atoms with Gasteiger partial charge in [0.1, 0.15) is 5.69 Å². The molecule has 1 atom stereocenters. The van der Waals surface area contributed by atoms with E-state index < -0.39 is 0 Å². The van der Waals surface area contributed by atoms with Crippen molar-refractivity contribution >= 4 is 16.9 Å². The summed E-state index contributed by atoms with van der Waals surface area (Å²) in [6.07, 6.45) is 2.07. The lowest BCUT2D eigenvalue weighted by Gasteiger charge is -2.35. The van der Waals surface area contributed by atoms with E-state index in [0.717, 1.165) is 30.4 Å². The molecule has 1 aliphatic heterocycles. The van der Waals surface area contributed by atoms with Gasteiger partial charge in [-0.1, -0.05) is 12.1 Å². The first-order valence-corrected chi connectivity index (χ1v) is 7.73. The van der Waals surface area contributed by atoms with Gasteiger partial charge in [-0.25, -0.2) is 4.79 Å². The number of carbonyl (C=O) groups is 1. The Morgan fingerprint density at radius 3 is 2.82 bits per heavy atom. The molecule has 0 bridgehead atoms. The molecule has 1 aliphatic rings. The molecule has 3 rings (SSSR count). The first-order chi connectivity index (χ1) is 10.4. The quantitative estimate of drug-likeness (QED) is 0.795. The lowest BCUT2D eigenvalue weighted by atomic mass is 9.83. The minimum absolute atomic E-state index is 0.0662. The number of hydrogen-bond donors (Lipinski definition) is 0. The Balaban J connectivity index is 1.99.